The molecule has 7 nitrogen and oxygen atoms in total. The molecule has 144 valence electrons. The lowest BCUT2D eigenvalue weighted by molar-refractivity contribution is -0.146. The first-order valence-corrected chi connectivity index (χ1v) is 9.45. The van der Waals surface area contributed by atoms with Gasteiger partial charge in [-0.25, -0.2) is 12.8 Å². The first-order chi connectivity index (χ1) is 12.7. The van der Waals surface area contributed by atoms with E-state index in [2.05, 4.69) is 5.32 Å². The second-order valence-electron chi connectivity index (χ2n) is 5.73. The maximum Gasteiger partial charge on any atom is 0.321 e. The summed E-state index contributed by atoms with van der Waals surface area (Å²) in [7, 11) is -4.21. The van der Waals surface area contributed by atoms with Crippen molar-refractivity contribution in [1.29, 1.82) is 0 Å². The highest BCUT2D eigenvalue weighted by molar-refractivity contribution is 7.89. The molecule has 9 heteroatoms. The van der Waals surface area contributed by atoms with Crippen molar-refractivity contribution in [3.63, 3.8) is 0 Å². The van der Waals surface area contributed by atoms with Gasteiger partial charge < -0.3 is 10.1 Å². The zero-order chi connectivity index (χ0) is 20.0. The molecule has 0 saturated carbocycles. The zero-order valence-corrected chi connectivity index (χ0v) is 15.6. The van der Waals surface area contributed by atoms with Crippen LogP contribution in [-0.4, -0.2) is 33.4 Å². The van der Waals surface area contributed by atoms with Crippen molar-refractivity contribution < 1.29 is 27.1 Å². The van der Waals surface area contributed by atoms with Gasteiger partial charge in [-0.2, -0.15) is 4.72 Å². The summed E-state index contributed by atoms with van der Waals surface area (Å²) in [6.07, 6.45) is 0. The predicted molar refractivity (Wildman–Crippen MR) is 97.1 cm³/mol. The molecule has 0 aliphatic rings. The Bertz CT molecular complexity index is 940. The number of carbonyl (C=O) groups excluding carboxylic acids is 2. The van der Waals surface area contributed by atoms with Crippen molar-refractivity contribution in [1.82, 2.24) is 4.72 Å². The van der Waals surface area contributed by atoms with Crippen molar-refractivity contribution in [3.05, 3.63) is 59.4 Å². The number of esters is 1. The zero-order valence-electron chi connectivity index (χ0n) is 14.8. The lowest BCUT2D eigenvalue weighted by atomic mass is 10.1. The average molecular weight is 394 g/mol. The Balaban J connectivity index is 1.86. The van der Waals surface area contributed by atoms with Gasteiger partial charge in [0.2, 0.25) is 10.0 Å². The van der Waals surface area contributed by atoms with Gasteiger partial charge in [0, 0.05) is 5.69 Å². The summed E-state index contributed by atoms with van der Waals surface area (Å²) in [6.45, 7) is 2.35. The number of sulfonamides is 1. The van der Waals surface area contributed by atoms with E-state index < -0.39 is 45.8 Å². The molecule has 2 rings (SSSR count). The highest BCUT2D eigenvalue weighted by Gasteiger charge is 2.20. The van der Waals surface area contributed by atoms with E-state index in [1.54, 1.807) is 0 Å². The maximum atomic E-state index is 13.5. The molecule has 0 heterocycles. The third-order valence-corrected chi connectivity index (χ3v) is 5.08. The van der Waals surface area contributed by atoms with Crippen molar-refractivity contribution in [2.24, 2.45) is 0 Å². The van der Waals surface area contributed by atoms with Crippen molar-refractivity contribution in [2.75, 3.05) is 18.5 Å². The highest BCUT2D eigenvalue weighted by Crippen LogP contribution is 2.19. The second-order valence-corrected chi connectivity index (χ2v) is 7.47. The number of hydrogen-bond donors (Lipinski definition) is 2. The van der Waals surface area contributed by atoms with Crippen LogP contribution < -0.4 is 10.0 Å². The van der Waals surface area contributed by atoms with Gasteiger partial charge >= 0.3 is 5.97 Å². The summed E-state index contributed by atoms with van der Waals surface area (Å²) in [5.41, 5.74) is 2.33. The van der Waals surface area contributed by atoms with Crippen LogP contribution in [0.5, 0.6) is 0 Å². The average Bonchev–Trinajstić information content (AvgIpc) is 2.62. The summed E-state index contributed by atoms with van der Waals surface area (Å²) in [5, 5.41) is 2.64. The lowest BCUT2D eigenvalue weighted by Gasteiger charge is -2.12. The van der Waals surface area contributed by atoms with Crippen molar-refractivity contribution in [3.8, 4) is 0 Å². The summed E-state index contributed by atoms with van der Waals surface area (Å²) in [5.74, 6) is -2.46. The SMILES string of the molecule is Cc1cccc(C)c1NC(=O)COC(=O)CNS(=O)(=O)c1ccccc1F. The Hall–Kier alpha value is -2.78. The van der Waals surface area contributed by atoms with Crippen LogP contribution in [-0.2, 0) is 24.3 Å². The van der Waals surface area contributed by atoms with Gasteiger partial charge in [0.25, 0.3) is 5.91 Å². The van der Waals surface area contributed by atoms with Crippen LogP contribution in [0.25, 0.3) is 0 Å². The van der Waals surface area contributed by atoms with E-state index in [-0.39, 0.29) is 0 Å². The molecule has 0 fully saturated rings. The molecule has 0 unspecified atom stereocenters. The fourth-order valence-corrected chi connectivity index (χ4v) is 3.32. The Labute approximate surface area is 156 Å². The third-order valence-electron chi connectivity index (χ3n) is 3.64. The summed E-state index contributed by atoms with van der Waals surface area (Å²) in [6, 6.07) is 10.3. The van der Waals surface area contributed by atoms with E-state index in [0.717, 1.165) is 23.3 Å². The summed E-state index contributed by atoms with van der Waals surface area (Å²) < 4.78 is 44.2. The maximum absolute atomic E-state index is 13.5. The summed E-state index contributed by atoms with van der Waals surface area (Å²) >= 11 is 0. The molecule has 0 aliphatic carbocycles. The lowest BCUT2D eigenvalue weighted by Crippen LogP contribution is -2.32. The van der Waals surface area contributed by atoms with Gasteiger partial charge in [-0.1, -0.05) is 30.3 Å². The largest absolute Gasteiger partial charge is 0.455 e. The molecular formula is C18H19FN2O5S. The normalized spacial score (nSPS) is 11.1. The molecule has 2 aromatic carbocycles. The number of hydrogen-bond acceptors (Lipinski definition) is 5. The van der Waals surface area contributed by atoms with E-state index in [1.165, 1.54) is 12.1 Å². The molecule has 0 spiro atoms. The van der Waals surface area contributed by atoms with Crippen LogP contribution in [0.1, 0.15) is 11.1 Å². The standard InChI is InChI=1S/C18H19FN2O5S/c1-12-6-5-7-13(2)18(12)21-16(22)11-26-17(23)10-20-27(24,25)15-9-4-3-8-14(15)19/h3-9,20H,10-11H2,1-2H3,(H,21,22). The van der Waals surface area contributed by atoms with E-state index in [1.807, 2.05) is 36.8 Å². The molecule has 2 aromatic rings. The number of anilines is 1. The minimum Gasteiger partial charge on any atom is -0.455 e. The molecule has 1 amide bonds. The van der Waals surface area contributed by atoms with Gasteiger partial charge in [-0.3, -0.25) is 9.59 Å². The number of nitrogens with one attached hydrogen (secondary N) is 2. The van der Waals surface area contributed by atoms with E-state index in [4.69, 9.17) is 4.74 Å². The van der Waals surface area contributed by atoms with Gasteiger partial charge in [0.1, 0.15) is 17.3 Å². The monoisotopic (exact) mass is 394 g/mol. The molecule has 2 N–H and O–H groups in total. The number of aryl methyl sites for hydroxylation is 2. The molecule has 0 saturated heterocycles. The number of carbonyl (C=O) groups is 2. The van der Waals surface area contributed by atoms with Crippen LogP contribution in [0.3, 0.4) is 0 Å². The van der Waals surface area contributed by atoms with Crippen molar-refractivity contribution in [2.45, 2.75) is 18.7 Å². The number of amides is 1. The van der Waals surface area contributed by atoms with Gasteiger partial charge in [-0.05, 0) is 37.1 Å². The van der Waals surface area contributed by atoms with Gasteiger partial charge in [-0.15, -0.1) is 0 Å². The Kier molecular flexibility index (Phi) is 6.65. The smallest absolute Gasteiger partial charge is 0.321 e. The molecule has 0 aliphatic heterocycles. The molecule has 0 radical (unpaired) electrons. The first kappa shape index (κ1) is 20.5. The number of rotatable bonds is 7. The Morgan fingerprint density at radius 1 is 1.04 bits per heavy atom. The van der Waals surface area contributed by atoms with E-state index in [0.29, 0.717) is 5.69 Å². The van der Waals surface area contributed by atoms with Gasteiger partial charge in [0.05, 0.1) is 0 Å². The predicted octanol–water partition coefficient (Wildman–Crippen LogP) is 1.90. The van der Waals surface area contributed by atoms with Crippen LogP contribution in [0.4, 0.5) is 10.1 Å². The topological polar surface area (TPSA) is 102 Å². The Morgan fingerprint density at radius 3 is 2.30 bits per heavy atom. The fourth-order valence-electron chi connectivity index (χ4n) is 2.28. The number of para-hydroxylation sites is 1. The van der Waals surface area contributed by atoms with Crippen LogP contribution in [0, 0.1) is 19.7 Å². The van der Waals surface area contributed by atoms with Crippen LogP contribution >= 0.6 is 0 Å². The molecular weight excluding hydrogens is 375 g/mol. The van der Waals surface area contributed by atoms with Crippen LogP contribution in [0.2, 0.25) is 0 Å². The van der Waals surface area contributed by atoms with Crippen molar-refractivity contribution >= 4 is 27.6 Å². The molecule has 0 atom stereocenters. The van der Waals surface area contributed by atoms with Crippen LogP contribution in [0.15, 0.2) is 47.4 Å². The molecule has 0 aromatic heterocycles. The number of halogens is 1. The molecule has 0 bridgehead atoms. The number of benzene rings is 2. The first-order valence-electron chi connectivity index (χ1n) is 7.96. The minimum absolute atomic E-state index is 0.558. The minimum atomic E-state index is -4.21. The Morgan fingerprint density at radius 2 is 1.67 bits per heavy atom. The third kappa shape index (κ3) is 5.60. The quantitative estimate of drug-likeness (QED) is 0.699. The highest BCUT2D eigenvalue weighted by atomic mass is 32.2. The fraction of sp³-hybridized carbons (Fsp3) is 0.222. The van der Waals surface area contributed by atoms with Gasteiger partial charge in [0.15, 0.2) is 6.61 Å². The second kappa shape index (κ2) is 8.74. The summed E-state index contributed by atoms with van der Waals surface area (Å²) in [4.78, 5) is 23.0. The molecule has 27 heavy (non-hydrogen) atoms. The number of ether oxygens (including phenoxy) is 1. The van der Waals surface area contributed by atoms with E-state index in [9.17, 15) is 22.4 Å². The van der Waals surface area contributed by atoms with E-state index >= 15 is 0 Å².